The van der Waals surface area contributed by atoms with E-state index >= 15 is 0 Å². The van der Waals surface area contributed by atoms with E-state index in [4.69, 9.17) is 38.4 Å². The zero-order valence-corrected chi connectivity index (χ0v) is 15.8. The number of halogens is 3. The molecule has 0 saturated carbocycles. The molecule has 0 heterocycles. The molecule has 7 heteroatoms. The minimum Gasteiger partial charge on any atom is -0.493 e. The molecule has 2 rings (SSSR count). The molecule has 24 heavy (non-hydrogen) atoms. The van der Waals surface area contributed by atoms with Gasteiger partial charge in [-0.3, -0.25) is 4.79 Å². The Morgan fingerprint density at radius 2 is 1.96 bits per heavy atom. The van der Waals surface area contributed by atoms with Crippen LogP contribution < -0.4 is 15.2 Å². The van der Waals surface area contributed by atoms with Crippen LogP contribution in [0.15, 0.2) is 40.9 Å². The summed E-state index contributed by atoms with van der Waals surface area (Å²) in [4.78, 5) is 10.9. The number of rotatable bonds is 6. The maximum Gasteiger partial charge on any atom is 0.241 e. The van der Waals surface area contributed by atoms with Crippen molar-refractivity contribution in [3.63, 3.8) is 0 Å². The van der Waals surface area contributed by atoms with Gasteiger partial charge in [0.05, 0.1) is 17.2 Å². The Morgan fingerprint density at radius 1 is 1.21 bits per heavy atom. The lowest BCUT2D eigenvalue weighted by molar-refractivity contribution is -0.113. The standard InChI is InChI=1S/C17H14BrCl2NO3/c1-23-15-7-11(3-5-17(21)22)12(18)8-16(15)24-9-10-2-4-13(19)14(20)6-10/h2-8H,9H2,1H3,(H2,21,22)/b5-3+. The average Bonchev–Trinajstić information content (AvgIpc) is 2.54. The number of nitrogens with two attached hydrogens (primary N) is 1. The molecule has 0 aliphatic carbocycles. The van der Waals surface area contributed by atoms with Crippen molar-refractivity contribution in [2.75, 3.05) is 7.11 Å². The van der Waals surface area contributed by atoms with Gasteiger partial charge in [-0.1, -0.05) is 45.2 Å². The lowest BCUT2D eigenvalue weighted by Crippen LogP contribution is -2.05. The van der Waals surface area contributed by atoms with Crippen molar-refractivity contribution in [3.05, 3.63) is 62.1 Å². The van der Waals surface area contributed by atoms with Gasteiger partial charge in [0, 0.05) is 10.5 Å². The van der Waals surface area contributed by atoms with E-state index in [-0.39, 0.29) is 0 Å². The molecule has 0 spiro atoms. The highest BCUT2D eigenvalue weighted by molar-refractivity contribution is 9.10. The third-order valence-electron chi connectivity index (χ3n) is 3.09. The fourth-order valence-electron chi connectivity index (χ4n) is 1.91. The smallest absolute Gasteiger partial charge is 0.241 e. The summed E-state index contributed by atoms with van der Waals surface area (Å²) in [5.74, 6) is 0.551. The summed E-state index contributed by atoms with van der Waals surface area (Å²) in [6.45, 7) is 0.302. The Hall–Kier alpha value is -1.69. The Morgan fingerprint density at radius 3 is 2.58 bits per heavy atom. The first kappa shape index (κ1) is 18.6. The summed E-state index contributed by atoms with van der Waals surface area (Å²) in [7, 11) is 1.54. The third kappa shape index (κ3) is 4.90. The Labute approximate surface area is 158 Å². The predicted molar refractivity (Wildman–Crippen MR) is 99.7 cm³/mol. The van der Waals surface area contributed by atoms with Crippen molar-refractivity contribution in [2.24, 2.45) is 5.73 Å². The van der Waals surface area contributed by atoms with Crippen LogP contribution in [0.3, 0.4) is 0 Å². The van der Waals surface area contributed by atoms with Gasteiger partial charge in [-0.2, -0.15) is 0 Å². The first-order valence-corrected chi connectivity index (χ1v) is 8.37. The molecule has 0 bridgehead atoms. The quantitative estimate of drug-likeness (QED) is 0.666. The van der Waals surface area contributed by atoms with Crippen molar-refractivity contribution in [2.45, 2.75) is 6.61 Å². The van der Waals surface area contributed by atoms with Crippen LogP contribution in [0.1, 0.15) is 11.1 Å². The van der Waals surface area contributed by atoms with Gasteiger partial charge in [0.15, 0.2) is 11.5 Å². The summed E-state index contributed by atoms with van der Waals surface area (Å²) in [6, 6.07) is 8.80. The highest BCUT2D eigenvalue weighted by Crippen LogP contribution is 2.35. The minimum absolute atomic E-state index is 0.302. The maximum atomic E-state index is 10.9. The molecule has 1 amide bonds. The number of benzene rings is 2. The van der Waals surface area contributed by atoms with Crippen molar-refractivity contribution in [1.29, 1.82) is 0 Å². The topological polar surface area (TPSA) is 61.5 Å². The lowest BCUT2D eigenvalue weighted by Gasteiger charge is -2.13. The van der Waals surface area contributed by atoms with Crippen LogP contribution in [0.4, 0.5) is 0 Å². The van der Waals surface area contributed by atoms with Gasteiger partial charge in [-0.15, -0.1) is 0 Å². The first-order valence-electron chi connectivity index (χ1n) is 6.82. The molecule has 0 atom stereocenters. The van der Waals surface area contributed by atoms with Crippen LogP contribution in [0.25, 0.3) is 6.08 Å². The van der Waals surface area contributed by atoms with Crippen LogP contribution >= 0.6 is 39.1 Å². The monoisotopic (exact) mass is 429 g/mol. The van der Waals surface area contributed by atoms with Gasteiger partial charge in [-0.05, 0) is 41.5 Å². The zero-order valence-electron chi connectivity index (χ0n) is 12.7. The number of hydrogen-bond donors (Lipinski definition) is 1. The molecular weight excluding hydrogens is 417 g/mol. The maximum absolute atomic E-state index is 10.9. The fraction of sp³-hybridized carbons (Fsp3) is 0.118. The van der Waals surface area contributed by atoms with Gasteiger partial charge in [0.25, 0.3) is 0 Å². The number of carbonyl (C=O) groups is 1. The number of hydrogen-bond acceptors (Lipinski definition) is 3. The van der Waals surface area contributed by atoms with Crippen molar-refractivity contribution in [1.82, 2.24) is 0 Å². The van der Waals surface area contributed by atoms with Crippen LogP contribution in [0, 0.1) is 0 Å². The Bertz CT molecular complexity index is 794. The minimum atomic E-state index is -0.527. The normalized spacial score (nSPS) is 10.8. The van der Waals surface area contributed by atoms with Crippen LogP contribution in [-0.2, 0) is 11.4 Å². The second-order valence-corrected chi connectivity index (χ2v) is 6.47. The van der Waals surface area contributed by atoms with E-state index in [2.05, 4.69) is 15.9 Å². The summed E-state index contributed by atoms with van der Waals surface area (Å²) in [5.41, 5.74) is 6.73. The van der Waals surface area contributed by atoms with Crippen LogP contribution in [-0.4, -0.2) is 13.0 Å². The van der Waals surface area contributed by atoms with E-state index in [0.717, 1.165) is 15.6 Å². The fourth-order valence-corrected chi connectivity index (χ4v) is 2.69. The number of methoxy groups -OCH3 is 1. The summed E-state index contributed by atoms with van der Waals surface area (Å²) in [6.07, 6.45) is 2.87. The van der Waals surface area contributed by atoms with E-state index in [1.54, 1.807) is 30.3 Å². The largest absolute Gasteiger partial charge is 0.493 e. The molecule has 126 valence electrons. The van der Waals surface area contributed by atoms with E-state index in [1.807, 2.05) is 6.07 Å². The van der Waals surface area contributed by atoms with Gasteiger partial charge in [0.2, 0.25) is 5.91 Å². The van der Waals surface area contributed by atoms with Gasteiger partial charge in [-0.25, -0.2) is 0 Å². The zero-order chi connectivity index (χ0) is 17.7. The molecule has 0 saturated heterocycles. The predicted octanol–water partition coefficient (Wildman–Crippen LogP) is 4.84. The van der Waals surface area contributed by atoms with Gasteiger partial charge in [0.1, 0.15) is 6.61 Å². The third-order valence-corrected chi connectivity index (χ3v) is 4.51. The Balaban J connectivity index is 2.21. The number of amides is 1. The molecule has 0 unspecified atom stereocenters. The van der Waals surface area contributed by atoms with Gasteiger partial charge >= 0.3 is 0 Å². The molecular formula is C17H14BrCl2NO3. The van der Waals surface area contributed by atoms with Crippen LogP contribution in [0.5, 0.6) is 11.5 Å². The van der Waals surface area contributed by atoms with Crippen molar-refractivity contribution in [3.8, 4) is 11.5 Å². The number of primary amides is 1. The highest BCUT2D eigenvalue weighted by atomic mass is 79.9. The van der Waals surface area contributed by atoms with Crippen molar-refractivity contribution >= 4 is 51.1 Å². The Kier molecular flexibility index (Phi) is 6.54. The lowest BCUT2D eigenvalue weighted by atomic mass is 10.2. The summed E-state index contributed by atoms with van der Waals surface area (Å²) in [5, 5.41) is 0.962. The highest BCUT2D eigenvalue weighted by Gasteiger charge is 2.10. The average molecular weight is 431 g/mol. The first-order chi connectivity index (χ1) is 11.4. The van der Waals surface area contributed by atoms with Crippen molar-refractivity contribution < 1.29 is 14.3 Å². The van der Waals surface area contributed by atoms with E-state index in [9.17, 15) is 4.79 Å². The SMILES string of the molecule is COc1cc(/C=C/C(N)=O)c(Br)cc1OCc1ccc(Cl)c(Cl)c1. The molecule has 4 nitrogen and oxygen atoms in total. The van der Waals surface area contributed by atoms with E-state index < -0.39 is 5.91 Å². The molecule has 0 aliphatic rings. The van der Waals surface area contributed by atoms with E-state index in [1.165, 1.54) is 13.2 Å². The second kappa shape index (κ2) is 8.42. The van der Waals surface area contributed by atoms with Crippen LogP contribution in [0.2, 0.25) is 10.0 Å². The summed E-state index contributed by atoms with van der Waals surface area (Å²) >= 11 is 15.3. The molecule has 2 aromatic rings. The molecule has 0 aromatic heterocycles. The molecule has 2 aromatic carbocycles. The summed E-state index contributed by atoms with van der Waals surface area (Å²) < 4.78 is 11.9. The molecule has 0 aliphatic heterocycles. The van der Waals surface area contributed by atoms with Gasteiger partial charge < -0.3 is 15.2 Å². The molecule has 0 fully saturated rings. The second-order valence-electron chi connectivity index (χ2n) is 4.80. The number of ether oxygens (including phenoxy) is 2. The molecule has 0 radical (unpaired) electrons. The number of carbonyl (C=O) groups excluding carboxylic acids is 1. The van der Waals surface area contributed by atoms with E-state index in [0.29, 0.717) is 28.2 Å². The molecule has 2 N–H and O–H groups in total.